The summed E-state index contributed by atoms with van der Waals surface area (Å²) in [6.45, 7) is 7.58. The molecule has 1 saturated heterocycles. The Morgan fingerprint density at radius 1 is 1.19 bits per heavy atom. The third-order valence-electron chi connectivity index (χ3n) is 6.22. The molecule has 0 aromatic heterocycles. The molecule has 1 heterocycles. The highest BCUT2D eigenvalue weighted by molar-refractivity contribution is 5.80. The fourth-order valence-corrected chi connectivity index (χ4v) is 4.19. The van der Waals surface area contributed by atoms with Gasteiger partial charge in [0.15, 0.2) is 17.5 Å². The van der Waals surface area contributed by atoms with Crippen LogP contribution in [0.2, 0.25) is 0 Å². The lowest BCUT2D eigenvalue weighted by Gasteiger charge is -2.38. The van der Waals surface area contributed by atoms with E-state index >= 15 is 0 Å². The summed E-state index contributed by atoms with van der Waals surface area (Å²) in [5, 5.41) is 3.61. The number of hydrogen-bond donors (Lipinski definition) is 1. The second kappa shape index (κ2) is 7.37. The molecule has 2 aliphatic rings. The van der Waals surface area contributed by atoms with Crippen LogP contribution in [0.25, 0.3) is 0 Å². The van der Waals surface area contributed by atoms with E-state index in [0.717, 1.165) is 37.1 Å². The highest BCUT2D eigenvalue weighted by Gasteiger charge is 2.43. The molecule has 144 valence electrons. The van der Waals surface area contributed by atoms with Crippen LogP contribution >= 0.6 is 0 Å². The lowest BCUT2D eigenvalue weighted by atomic mass is 9.68. The Morgan fingerprint density at radius 3 is 2.46 bits per heavy atom. The topological polar surface area (TPSA) is 46.1 Å². The maximum Gasteiger partial charge on any atom is 0.193 e. The molecule has 1 N–H and O–H groups in total. The van der Waals surface area contributed by atoms with Gasteiger partial charge < -0.3 is 19.7 Å². The number of likely N-dealkylation sites (tertiary alicyclic amines) is 1. The van der Waals surface area contributed by atoms with E-state index in [4.69, 9.17) is 9.47 Å². The molecule has 0 bridgehead atoms. The Morgan fingerprint density at radius 2 is 1.92 bits per heavy atom. The largest absolute Gasteiger partial charge is 0.493 e. The summed E-state index contributed by atoms with van der Waals surface area (Å²) in [7, 11) is 5.23. The van der Waals surface area contributed by atoms with Crippen molar-refractivity contribution >= 4 is 5.96 Å². The average Bonchev–Trinajstić information content (AvgIpc) is 3.07. The van der Waals surface area contributed by atoms with Crippen molar-refractivity contribution in [3.8, 4) is 11.5 Å². The Kier molecular flexibility index (Phi) is 5.35. The standard InChI is InChI=1S/C21H33N3O2/c1-20(2,16-7-8-17(25-4)18(13-16)26-5)14-23-19(22-3)24-12-11-21(15-24)9-6-10-21/h7-8,13H,6,9-12,14-15H2,1-5H3,(H,22,23). The second-order valence-electron chi connectivity index (χ2n) is 8.38. The predicted octanol–water partition coefficient (Wildman–Crippen LogP) is 3.43. The number of methoxy groups -OCH3 is 2. The van der Waals surface area contributed by atoms with Gasteiger partial charge in [0, 0.05) is 32.1 Å². The highest BCUT2D eigenvalue weighted by Crippen LogP contribution is 2.47. The molecule has 2 fully saturated rings. The number of hydrogen-bond acceptors (Lipinski definition) is 3. The van der Waals surface area contributed by atoms with Crippen molar-refractivity contribution in [1.82, 2.24) is 10.2 Å². The fourth-order valence-electron chi connectivity index (χ4n) is 4.19. The maximum atomic E-state index is 5.46. The third-order valence-corrected chi connectivity index (χ3v) is 6.22. The Balaban J connectivity index is 1.65. The van der Waals surface area contributed by atoms with Crippen molar-refractivity contribution in [3.63, 3.8) is 0 Å². The van der Waals surface area contributed by atoms with Gasteiger partial charge >= 0.3 is 0 Å². The SMILES string of the molecule is CN=C(NCC(C)(C)c1ccc(OC)c(OC)c1)N1CCC2(CCC2)C1. The smallest absolute Gasteiger partial charge is 0.193 e. The molecule has 1 aromatic carbocycles. The molecule has 3 rings (SSSR count). The summed E-state index contributed by atoms with van der Waals surface area (Å²) < 4.78 is 10.8. The lowest BCUT2D eigenvalue weighted by molar-refractivity contribution is 0.151. The summed E-state index contributed by atoms with van der Waals surface area (Å²) in [4.78, 5) is 6.97. The van der Waals surface area contributed by atoms with Gasteiger partial charge in [0.1, 0.15) is 0 Å². The van der Waals surface area contributed by atoms with Gasteiger partial charge in [-0.05, 0) is 42.4 Å². The van der Waals surface area contributed by atoms with E-state index in [1.807, 2.05) is 13.1 Å². The summed E-state index contributed by atoms with van der Waals surface area (Å²) in [6, 6.07) is 6.17. The van der Waals surface area contributed by atoms with Crippen LogP contribution in [0.5, 0.6) is 11.5 Å². The van der Waals surface area contributed by atoms with Crippen LogP contribution < -0.4 is 14.8 Å². The molecule has 26 heavy (non-hydrogen) atoms. The van der Waals surface area contributed by atoms with Crippen molar-refractivity contribution < 1.29 is 9.47 Å². The molecule has 1 spiro atoms. The van der Waals surface area contributed by atoms with Gasteiger partial charge in [0.05, 0.1) is 14.2 Å². The zero-order valence-corrected chi connectivity index (χ0v) is 16.9. The third kappa shape index (κ3) is 3.62. The molecule has 1 saturated carbocycles. The summed E-state index contributed by atoms with van der Waals surface area (Å²) in [6.07, 6.45) is 5.48. The first-order valence-electron chi connectivity index (χ1n) is 9.61. The average molecular weight is 360 g/mol. The molecular weight excluding hydrogens is 326 g/mol. The second-order valence-corrected chi connectivity index (χ2v) is 8.38. The quantitative estimate of drug-likeness (QED) is 0.646. The molecule has 0 unspecified atom stereocenters. The van der Waals surface area contributed by atoms with Crippen molar-refractivity contribution in [1.29, 1.82) is 0 Å². The molecule has 0 radical (unpaired) electrons. The van der Waals surface area contributed by atoms with E-state index in [2.05, 4.69) is 41.2 Å². The number of nitrogens with one attached hydrogen (secondary N) is 1. The minimum absolute atomic E-state index is 0.0522. The van der Waals surface area contributed by atoms with E-state index in [1.165, 1.54) is 31.2 Å². The fraction of sp³-hybridized carbons (Fsp3) is 0.667. The van der Waals surface area contributed by atoms with Crippen LogP contribution in [-0.4, -0.2) is 51.8 Å². The molecule has 0 amide bonds. The number of rotatable bonds is 5. The zero-order chi connectivity index (χ0) is 18.8. The van der Waals surface area contributed by atoms with E-state index in [0.29, 0.717) is 5.41 Å². The van der Waals surface area contributed by atoms with Gasteiger partial charge in [-0.3, -0.25) is 4.99 Å². The van der Waals surface area contributed by atoms with Gasteiger partial charge in [0.25, 0.3) is 0 Å². The maximum absolute atomic E-state index is 5.46. The minimum atomic E-state index is -0.0522. The normalized spacial score (nSPS) is 19.4. The molecule has 5 nitrogen and oxygen atoms in total. The summed E-state index contributed by atoms with van der Waals surface area (Å²) in [5.41, 5.74) is 1.75. The van der Waals surface area contributed by atoms with Crippen molar-refractivity contribution in [2.75, 3.05) is 40.9 Å². The number of benzene rings is 1. The van der Waals surface area contributed by atoms with Crippen molar-refractivity contribution in [3.05, 3.63) is 23.8 Å². The first kappa shape index (κ1) is 18.9. The zero-order valence-electron chi connectivity index (χ0n) is 16.9. The van der Waals surface area contributed by atoms with Gasteiger partial charge in [0.2, 0.25) is 0 Å². The van der Waals surface area contributed by atoms with Crippen LogP contribution in [0.15, 0.2) is 23.2 Å². The Hall–Kier alpha value is -1.91. The molecule has 1 aliphatic heterocycles. The van der Waals surface area contributed by atoms with Crippen LogP contribution in [0.1, 0.15) is 45.1 Å². The number of guanidine groups is 1. The first-order chi connectivity index (χ1) is 12.4. The van der Waals surface area contributed by atoms with Crippen LogP contribution in [0.4, 0.5) is 0 Å². The van der Waals surface area contributed by atoms with Crippen LogP contribution in [-0.2, 0) is 5.41 Å². The van der Waals surface area contributed by atoms with E-state index in [-0.39, 0.29) is 5.41 Å². The van der Waals surface area contributed by atoms with Crippen molar-refractivity contribution in [2.45, 2.75) is 44.9 Å². The van der Waals surface area contributed by atoms with E-state index in [1.54, 1.807) is 14.2 Å². The summed E-state index contributed by atoms with van der Waals surface area (Å²) >= 11 is 0. The number of ether oxygens (including phenoxy) is 2. The summed E-state index contributed by atoms with van der Waals surface area (Å²) in [5.74, 6) is 2.56. The van der Waals surface area contributed by atoms with Crippen molar-refractivity contribution in [2.24, 2.45) is 10.4 Å². The van der Waals surface area contributed by atoms with Crippen LogP contribution in [0.3, 0.4) is 0 Å². The first-order valence-corrected chi connectivity index (χ1v) is 9.61. The highest BCUT2D eigenvalue weighted by atomic mass is 16.5. The van der Waals surface area contributed by atoms with Gasteiger partial charge in [-0.15, -0.1) is 0 Å². The number of nitrogens with zero attached hydrogens (tertiary/aromatic N) is 2. The van der Waals surface area contributed by atoms with Gasteiger partial charge in [-0.1, -0.05) is 26.3 Å². The lowest BCUT2D eigenvalue weighted by Crippen LogP contribution is -2.46. The molecule has 0 atom stereocenters. The Labute approximate surface area is 157 Å². The molecule has 5 heteroatoms. The molecular formula is C21H33N3O2. The Bertz CT molecular complexity index is 665. The van der Waals surface area contributed by atoms with E-state index < -0.39 is 0 Å². The van der Waals surface area contributed by atoms with Crippen LogP contribution in [0, 0.1) is 5.41 Å². The minimum Gasteiger partial charge on any atom is -0.493 e. The number of aliphatic imine (C=N–C) groups is 1. The molecule has 1 aliphatic carbocycles. The van der Waals surface area contributed by atoms with Gasteiger partial charge in [-0.2, -0.15) is 0 Å². The van der Waals surface area contributed by atoms with Gasteiger partial charge in [-0.25, -0.2) is 0 Å². The molecule has 1 aromatic rings. The van der Waals surface area contributed by atoms with E-state index in [9.17, 15) is 0 Å². The predicted molar refractivity (Wildman–Crippen MR) is 106 cm³/mol. The monoisotopic (exact) mass is 359 g/mol.